The van der Waals surface area contributed by atoms with Crippen LogP contribution in [0, 0.1) is 0 Å². The van der Waals surface area contributed by atoms with Crippen LogP contribution in [0.15, 0.2) is 52.1 Å². The zero-order valence-electron chi connectivity index (χ0n) is 17.1. The fourth-order valence-electron chi connectivity index (χ4n) is 3.45. The summed E-state index contributed by atoms with van der Waals surface area (Å²) in [5.74, 6) is 1.14. The number of rotatable bonds is 7. The van der Waals surface area contributed by atoms with Gasteiger partial charge in [-0.05, 0) is 61.7 Å². The van der Waals surface area contributed by atoms with Gasteiger partial charge in [-0.3, -0.25) is 4.79 Å². The number of anilines is 2. The minimum atomic E-state index is -0.158. The molecule has 2 aromatic carbocycles. The summed E-state index contributed by atoms with van der Waals surface area (Å²) >= 11 is 7.37. The standard InChI is InChI=1S/C22H23ClN4O3S/c1-29-17-8-5-15(6-9-17)21-25-26-22(30-21)31-14-20(28)24-18-13-16(23)7-10-19(18)27-11-3-2-4-12-27/h5-10,13H,2-4,11-12,14H2,1H3,(H,24,28). The molecule has 31 heavy (non-hydrogen) atoms. The predicted molar refractivity (Wildman–Crippen MR) is 123 cm³/mol. The van der Waals surface area contributed by atoms with Crippen molar-refractivity contribution in [2.45, 2.75) is 24.5 Å². The molecule has 162 valence electrons. The Morgan fingerprint density at radius 2 is 1.94 bits per heavy atom. The van der Waals surface area contributed by atoms with Gasteiger partial charge in [0.15, 0.2) is 0 Å². The van der Waals surface area contributed by atoms with E-state index < -0.39 is 0 Å². The summed E-state index contributed by atoms with van der Waals surface area (Å²) in [6.45, 7) is 1.96. The Morgan fingerprint density at radius 3 is 2.68 bits per heavy atom. The van der Waals surface area contributed by atoms with E-state index in [0.29, 0.717) is 16.1 Å². The minimum Gasteiger partial charge on any atom is -0.497 e. The molecule has 3 aromatic rings. The minimum absolute atomic E-state index is 0.149. The van der Waals surface area contributed by atoms with Crippen molar-refractivity contribution in [2.75, 3.05) is 36.2 Å². The van der Waals surface area contributed by atoms with Crippen LogP contribution >= 0.6 is 23.4 Å². The molecule has 0 aliphatic carbocycles. The molecule has 0 atom stereocenters. The number of halogens is 1. The van der Waals surface area contributed by atoms with Crippen molar-refractivity contribution in [1.29, 1.82) is 0 Å². The highest BCUT2D eigenvalue weighted by Gasteiger charge is 2.17. The smallest absolute Gasteiger partial charge is 0.277 e. The number of thioether (sulfide) groups is 1. The van der Waals surface area contributed by atoms with E-state index in [9.17, 15) is 4.79 Å². The Balaban J connectivity index is 1.37. The number of carbonyl (C=O) groups is 1. The van der Waals surface area contributed by atoms with Gasteiger partial charge >= 0.3 is 0 Å². The predicted octanol–water partition coefficient (Wildman–Crippen LogP) is 5.12. The third kappa shape index (κ3) is 5.51. The van der Waals surface area contributed by atoms with Crippen molar-refractivity contribution in [2.24, 2.45) is 0 Å². The van der Waals surface area contributed by atoms with Crippen molar-refractivity contribution in [3.05, 3.63) is 47.5 Å². The Morgan fingerprint density at radius 1 is 1.16 bits per heavy atom. The van der Waals surface area contributed by atoms with E-state index in [-0.39, 0.29) is 11.7 Å². The molecule has 1 aromatic heterocycles. The lowest BCUT2D eigenvalue weighted by Crippen LogP contribution is -2.30. The molecule has 0 saturated carbocycles. The second-order valence-corrected chi connectivity index (χ2v) is 8.51. The molecule has 4 rings (SSSR count). The van der Waals surface area contributed by atoms with Crippen LogP contribution in [0.25, 0.3) is 11.5 Å². The zero-order valence-corrected chi connectivity index (χ0v) is 18.7. The van der Waals surface area contributed by atoms with Crippen LogP contribution < -0.4 is 15.0 Å². The van der Waals surface area contributed by atoms with Crippen molar-refractivity contribution in [1.82, 2.24) is 10.2 Å². The van der Waals surface area contributed by atoms with E-state index in [1.807, 2.05) is 36.4 Å². The summed E-state index contributed by atoms with van der Waals surface area (Å²) in [5, 5.41) is 12.0. The molecule has 1 aliphatic heterocycles. The first-order valence-electron chi connectivity index (χ1n) is 10.1. The number of nitrogens with zero attached hydrogens (tertiary/aromatic N) is 3. The number of carbonyl (C=O) groups excluding carboxylic acids is 1. The lowest BCUT2D eigenvalue weighted by Gasteiger charge is -2.30. The molecular weight excluding hydrogens is 436 g/mol. The van der Waals surface area contributed by atoms with E-state index in [0.717, 1.165) is 48.6 Å². The van der Waals surface area contributed by atoms with Gasteiger partial charge in [-0.15, -0.1) is 10.2 Å². The van der Waals surface area contributed by atoms with Gasteiger partial charge in [0.1, 0.15) is 5.75 Å². The molecule has 0 unspecified atom stereocenters. The third-order valence-electron chi connectivity index (χ3n) is 5.00. The number of piperidine rings is 1. The van der Waals surface area contributed by atoms with Crippen LogP contribution in [-0.2, 0) is 4.79 Å². The molecule has 0 spiro atoms. The topological polar surface area (TPSA) is 80.5 Å². The van der Waals surface area contributed by atoms with Crippen molar-refractivity contribution in [3.63, 3.8) is 0 Å². The number of nitrogens with one attached hydrogen (secondary N) is 1. The summed E-state index contributed by atoms with van der Waals surface area (Å²) < 4.78 is 10.8. The van der Waals surface area contributed by atoms with Crippen molar-refractivity contribution < 1.29 is 13.9 Å². The van der Waals surface area contributed by atoms with Crippen LogP contribution in [0.3, 0.4) is 0 Å². The van der Waals surface area contributed by atoms with Gasteiger partial charge in [0, 0.05) is 23.7 Å². The van der Waals surface area contributed by atoms with Gasteiger partial charge in [-0.1, -0.05) is 23.4 Å². The van der Waals surface area contributed by atoms with Crippen LogP contribution in [0.4, 0.5) is 11.4 Å². The Labute approximate surface area is 190 Å². The van der Waals surface area contributed by atoms with Crippen molar-refractivity contribution >= 4 is 40.6 Å². The van der Waals surface area contributed by atoms with E-state index in [1.165, 1.54) is 18.2 Å². The maximum Gasteiger partial charge on any atom is 0.277 e. The molecule has 1 amide bonds. The summed E-state index contributed by atoms with van der Waals surface area (Å²) in [5.41, 5.74) is 2.51. The maximum absolute atomic E-state index is 12.6. The average molecular weight is 459 g/mol. The van der Waals surface area contributed by atoms with Gasteiger partial charge in [-0.25, -0.2) is 0 Å². The SMILES string of the molecule is COc1ccc(-c2nnc(SCC(=O)Nc3cc(Cl)ccc3N3CCCCC3)o2)cc1. The van der Waals surface area contributed by atoms with Crippen molar-refractivity contribution in [3.8, 4) is 17.2 Å². The molecule has 0 bridgehead atoms. The Hall–Kier alpha value is -2.71. The highest BCUT2D eigenvalue weighted by atomic mass is 35.5. The fraction of sp³-hybridized carbons (Fsp3) is 0.318. The summed E-state index contributed by atoms with van der Waals surface area (Å²) in [4.78, 5) is 14.9. The van der Waals surface area contributed by atoms with E-state index in [4.69, 9.17) is 20.8 Å². The average Bonchev–Trinajstić information content (AvgIpc) is 3.28. The van der Waals surface area contributed by atoms with Gasteiger partial charge < -0.3 is 19.4 Å². The van der Waals surface area contributed by atoms with Gasteiger partial charge in [0.2, 0.25) is 11.8 Å². The lowest BCUT2D eigenvalue weighted by atomic mass is 10.1. The number of methoxy groups -OCH3 is 1. The number of amides is 1. The first kappa shape index (κ1) is 21.5. The molecule has 0 radical (unpaired) electrons. The highest BCUT2D eigenvalue weighted by molar-refractivity contribution is 7.99. The van der Waals surface area contributed by atoms with Crippen LogP contribution in [0.5, 0.6) is 5.75 Å². The number of aromatic nitrogens is 2. The molecule has 1 aliphatic rings. The summed E-state index contributed by atoms with van der Waals surface area (Å²) in [6.07, 6.45) is 3.55. The first-order valence-corrected chi connectivity index (χ1v) is 11.4. The Bertz CT molecular complexity index is 1040. The monoisotopic (exact) mass is 458 g/mol. The zero-order chi connectivity index (χ0) is 21.6. The highest BCUT2D eigenvalue weighted by Crippen LogP contribution is 2.32. The number of hydrogen-bond donors (Lipinski definition) is 1. The van der Waals surface area contributed by atoms with Crippen LogP contribution in [0.2, 0.25) is 5.02 Å². The first-order chi connectivity index (χ1) is 15.1. The number of ether oxygens (including phenoxy) is 1. The second-order valence-electron chi connectivity index (χ2n) is 7.15. The molecule has 1 N–H and O–H groups in total. The summed E-state index contributed by atoms with van der Waals surface area (Å²) in [6, 6.07) is 13.0. The molecule has 9 heteroatoms. The van der Waals surface area contributed by atoms with Crippen LogP contribution in [0.1, 0.15) is 19.3 Å². The molecule has 2 heterocycles. The second kappa shape index (κ2) is 10.1. The normalized spacial score (nSPS) is 13.8. The van der Waals surface area contributed by atoms with E-state index in [1.54, 1.807) is 13.2 Å². The fourth-order valence-corrected chi connectivity index (χ4v) is 4.19. The Kier molecular flexibility index (Phi) is 6.99. The molecule has 7 nitrogen and oxygen atoms in total. The van der Waals surface area contributed by atoms with Gasteiger partial charge in [0.05, 0.1) is 24.2 Å². The quantitative estimate of drug-likeness (QED) is 0.492. The lowest BCUT2D eigenvalue weighted by molar-refractivity contribution is -0.113. The summed E-state index contributed by atoms with van der Waals surface area (Å²) in [7, 11) is 1.61. The molecule has 1 fully saturated rings. The number of benzene rings is 2. The van der Waals surface area contributed by atoms with Crippen LogP contribution in [-0.4, -0.2) is 42.1 Å². The van der Waals surface area contributed by atoms with Gasteiger partial charge in [0.25, 0.3) is 5.22 Å². The number of hydrogen-bond acceptors (Lipinski definition) is 7. The third-order valence-corrected chi connectivity index (χ3v) is 6.05. The van der Waals surface area contributed by atoms with Gasteiger partial charge in [-0.2, -0.15) is 0 Å². The molecule has 1 saturated heterocycles. The van der Waals surface area contributed by atoms with E-state index >= 15 is 0 Å². The largest absolute Gasteiger partial charge is 0.497 e. The van der Waals surface area contributed by atoms with E-state index in [2.05, 4.69) is 20.4 Å². The maximum atomic E-state index is 12.6. The molecular formula is C22H23ClN4O3S.